The van der Waals surface area contributed by atoms with Crippen molar-refractivity contribution in [2.75, 3.05) is 13.2 Å². The smallest absolute Gasteiger partial charge is 0.294 e. The van der Waals surface area contributed by atoms with E-state index in [1.54, 1.807) is 6.08 Å². The number of hydrogen-bond acceptors (Lipinski definition) is 8. The number of hydrogen-bond donors (Lipinski definition) is 2. The molecule has 0 aromatic heterocycles. The molecule has 2 aromatic rings. The van der Waals surface area contributed by atoms with Gasteiger partial charge in [0.05, 0.1) is 18.5 Å². The molecule has 0 spiro atoms. The van der Waals surface area contributed by atoms with E-state index < -0.39 is 0 Å². The molecule has 2 fully saturated rings. The van der Waals surface area contributed by atoms with Crippen LogP contribution in [0.5, 0.6) is 11.5 Å². The Morgan fingerprint density at radius 3 is 2.06 bits per heavy atom. The number of thiocarbonyl (C=S) groups is 1. The molecule has 0 bridgehead atoms. The number of carbonyl (C=O) groups excluding carboxylic acids is 3. The van der Waals surface area contributed by atoms with Gasteiger partial charge in [-0.05, 0) is 79.4 Å². The van der Waals surface area contributed by atoms with E-state index in [-0.39, 0.29) is 33.2 Å². The quantitative estimate of drug-likeness (QED) is 0.265. The highest BCUT2D eigenvalue weighted by molar-refractivity contribution is 8.15. The van der Waals surface area contributed by atoms with Crippen molar-refractivity contribution in [3.63, 3.8) is 0 Å². The Morgan fingerprint density at radius 2 is 1.51 bits per heavy atom. The average molecular weight is 513 g/mol. The Bertz CT molecular complexity index is 1130. The van der Waals surface area contributed by atoms with Crippen molar-refractivity contribution in [1.29, 1.82) is 0 Å². The number of imide groups is 1. The molecule has 8 nitrogen and oxygen atoms in total. The molecule has 10 heteroatoms. The molecular weight excluding hydrogens is 488 g/mol. The monoisotopic (exact) mass is 512 g/mol. The van der Waals surface area contributed by atoms with Crippen LogP contribution in [0, 0.1) is 0 Å². The van der Waals surface area contributed by atoms with Gasteiger partial charge >= 0.3 is 0 Å². The largest absolute Gasteiger partial charge is 0.494 e. The lowest BCUT2D eigenvalue weighted by Gasteiger charge is -2.09. The molecule has 4 rings (SSSR count). The van der Waals surface area contributed by atoms with E-state index in [9.17, 15) is 14.4 Å². The Kier molecular flexibility index (Phi) is 8.38. The highest BCUT2D eigenvalue weighted by atomic mass is 32.2. The van der Waals surface area contributed by atoms with Crippen molar-refractivity contribution in [3.8, 4) is 11.5 Å². The average Bonchev–Trinajstić information content (AvgIpc) is 3.33. The summed E-state index contributed by atoms with van der Waals surface area (Å²) >= 11 is 5.85. The highest BCUT2D eigenvalue weighted by Crippen LogP contribution is 2.24. The van der Waals surface area contributed by atoms with Gasteiger partial charge in [0.25, 0.3) is 16.3 Å². The highest BCUT2D eigenvalue weighted by Gasteiger charge is 2.31. The van der Waals surface area contributed by atoms with Gasteiger partial charge in [-0.25, -0.2) is 0 Å². The second-order valence-electron chi connectivity index (χ2n) is 7.91. The lowest BCUT2D eigenvalue weighted by Crippen LogP contribution is -2.25. The van der Waals surface area contributed by atoms with Crippen LogP contribution < -0.4 is 20.1 Å². The first-order valence-corrected chi connectivity index (χ1v) is 12.5. The van der Waals surface area contributed by atoms with Gasteiger partial charge in [0.1, 0.15) is 11.5 Å². The van der Waals surface area contributed by atoms with Gasteiger partial charge in [0.2, 0.25) is 5.91 Å². The molecule has 1 atom stereocenters. The third-order valence-corrected chi connectivity index (χ3v) is 6.42. The summed E-state index contributed by atoms with van der Waals surface area (Å²) in [5, 5.41) is 4.14. The fourth-order valence-electron chi connectivity index (χ4n) is 3.46. The Balaban J connectivity index is 1.09. The summed E-state index contributed by atoms with van der Waals surface area (Å²) in [6.45, 7) is 1.21. The number of rotatable bonds is 11. The van der Waals surface area contributed by atoms with E-state index in [0.29, 0.717) is 19.6 Å². The first kappa shape index (κ1) is 24.7. The summed E-state index contributed by atoms with van der Waals surface area (Å²) in [7, 11) is 0. The van der Waals surface area contributed by atoms with Crippen molar-refractivity contribution in [3.05, 3.63) is 65.4 Å². The lowest BCUT2D eigenvalue weighted by atomic mass is 10.1. The lowest BCUT2D eigenvalue weighted by molar-refractivity contribution is -0.119. The van der Waals surface area contributed by atoms with Crippen molar-refractivity contribution >= 4 is 52.3 Å². The first-order valence-electron chi connectivity index (χ1n) is 11.2. The molecule has 2 N–H and O–H groups in total. The molecule has 2 aliphatic heterocycles. The van der Waals surface area contributed by atoms with E-state index in [2.05, 4.69) is 10.6 Å². The summed E-state index contributed by atoms with van der Waals surface area (Å²) in [6, 6.07) is 15.0. The number of ether oxygens (including phenoxy) is 3. The van der Waals surface area contributed by atoms with Gasteiger partial charge in [-0.2, -0.15) is 0 Å². The normalized spacial score (nSPS) is 18.4. The SMILES string of the molecule is O=C1NC(=O)C(Cc2ccc(OCCCCCOc3ccc(/C=C4/OC(=S)NC4=O)cc3)cc2)S1. The molecule has 0 radical (unpaired) electrons. The molecule has 3 amide bonds. The number of carbonyl (C=O) groups is 3. The maximum Gasteiger partial charge on any atom is 0.294 e. The van der Waals surface area contributed by atoms with Crippen LogP contribution >= 0.6 is 24.0 Å². The Hall–Kier alpha value is -3.37. The van der Waals surface area contributed by atoms with E-state index >= 15 is 0 Å². The van der Waals surface area contributed by atoms with E-state index in [4.69, 9.17) is 26.4 Å². The molecule has 2 aromatic carbocycles. The maximum absolute atomic E-state index is 11.7. The van der Waals surface area contributed by atoms with Crippen molar-refractivity contribution < 1.29 is 28.6 Å². The summed E-state index contributed by atoms with van der Waals surface area (Å²) in [5.41, 5.74) is 1.80. The van der Waals surface area contributed by atoms with Gasteiger partial charge in [0.15, 0.2) is 5.76 Å². The van der Waals surface area contributed by atoms with Crippen LogP contribution in [0.3, 0.4) is 0 Å². The van der Waals surface area contributed by atoms with Gasteiger partial charge in [-0.15, -0.1) is 0 Å². The van der Waals surface area contributed by atoms with Gasteiger partial charge < -0.3 is 14.2 Å². The van der Waals surface area contributed by atoms with Crippen LogP contribution in [-0.4, -0.2) is 40.7 Å². The number of thioether (sulfide) groups is 1. The fourth-order valence-corrected chi connectivity index (χ4v) is 4.50. The summed E-state index contributed by atoms with van der Waals surface area (Å²) in [6.07, 6.45) is 4.92. The zero-order valence-corrected chi connectivity index (χ0v) is 20.4. The summed E-state index contributed by atoms with van der Waals surface area (Å²) in [5.74, 6) is 1.14. The fraction of sp³-hybridized carbons (Fsp3) is 0.280. The molecular formula is C25H24N2O6S2. The molecule has 182 valence electrons. The summed E-state index contributed by atoms with van der Waals surface area (Å²) < 4.78 is 16.7. The van der Waals surface area contributed by atoms with Crippen LogP contribution in [0.25, 0.3) is 6.08 Å². The van der Waals surface area contributed by atoms with Crippen LogP contribution in [0.15, 0.2) is 54.3 Å². The van der Waals surface area contributed by atoms with Crippen LogP contribution in [-0.2, 0) is 20.7 Å². The predicted molar refractivity (Wildman–Crippen MR) is 136 cm³/mol. The molecule has 0 saturated carbocycles. The van der Waals surface area contributed by atoms with Gasteiger partial charge in [0, 0.05) is 0 Å². The third kappa shape index (κ3) is 7.30. The predicted octanol–water partition coefficient (Wildman–Crippen LogP) is 3.98. The third-order valence-electron chi connectivity index (χ3n) is 5.26. The van der Waals surface area contributed by atoms with E-state index in [1.807, 2.05) is 48.5 Å². The molecule has 2 saturated heterocycles. The zero-order valence-electron chi connectivity index (χ0n) is 18.8. The Morgan fingerprint density at radius 1 is 0.886 bits per heavy atom. The molecule has 0 aliphatic carbocycles. The van der Waals surface area contributed by atoms with Gasteiger partial charge in [-0.1, -0.05) is 36.0 Å². The second-order valence-corrected chi connectivity index (χ2v) is 9.46. The molecule has 2 aliphatic rings. The van der Waals surface area contributed by atoms with Gasteiger partial charge in [-0.3, -0.25) is 25.0 Å². The first-order chi connectivity index (χ1) is 17.0. The topological polar surface area (TPSA) is 103 Å². The number of unbranched alkanes of at least 4 members (excludes halogenated alkanes) is 2. The minimum atomic E-state index is -0.360. The molecule has 1 unspecified atom stereocenters. The summed E-state index contributed by atoms with van der Waals surface area (Å²) in [4.78, 5) is 34.6. The Labute approximate surface area is 212 Å². The van der Waals surface area contributed by atoms with Crippen LogP contribution in [0.4, 0.5) is 4.79 Å². The number of amides is 3. The number of nitrogens with one attached hydrogen (secondary N) is 2. The van der Waals surface area contributed by atoms with Crippen molar-refractivity contribution in [2.24, 2.45) is 0 Å². The van der Waals surface area contributed by atoms with E-state index in [1.165, 1.54) is 0 Å². The second kappa shape index (κ2) is 11.9. The minimum Gasteiger partial charge on any atom is -0.494 e. The molecule has 2 heterocycles. The maximum atomic E-state index is 11.7. The van der Waals surface area contributed by atoms with Crippen LogP contribution in [0.1, 0.15) is 30.4 Å². The standard InChI is InChI=1S/C25H24N2O6S2/c28-22-20(33-25(34)27-22)14-16-4-8-18(9-5-16)31-12-2-1-3-13-32-19-10-6-17(7-11-19)15-21-23(29)26-24(30)35-21/h4-11,14,21H,1-3,12-13,15H2,(H,26,29,30)(H,27,28,34)/b20-14+. The number of benzene rings is 2. The van der Waals surface area contributed by atoms with Crippen molar-refractivity contribution in [1.82, 2.24) is 10.6 Å². The van der Waals surface area contributed by atoms with Crippen LogP contribution in [0.2, 0.25) is 0 Å². The zero-order chi connectivity index (χ0) is 24.6. The minimum absolute atomic E-state index is 0.0645. The van der Waals surface area contributed by atoms with Crippen molar-refractivity contribution in [2.45, 2.75) is 30.9 Å². The van der Waals surface area contributed by atoms with E-state index in [0.717, 1.165) is 53.7 Å². The molecule has 35 heavy (non-hydrogen) atoms.